The van der Waals surface area contributed by atoms with E-state index in [0.717, 1.165) is 5.69 Å². The molecule has 0 aliphatic rings. The van der Waals surface area contributed by atoms with E-state index in [1.54, 1.807) is 0 Å². The average Bonchev–Trinajstić information content (AvgIpc) is 2.46. The monoisotopic (exact) mass is 372 g/mol. The zero-order valence-electron chi connectivity index (χ0n) is 12.8. The topological polar surface area (TPSA) is 119 Å². The predicted octanol–water partition coefficient (Wildman–Crippen LogP) is -1.86. The molecule has 22 heavy (non-hydrogen) atoms. The fraction of sp³-hybridized carbons (Fsp3) is 0.143. The van der Waals surface area contributed by atoms with Crippen molar-refractivity contribution in [3.63, 3.8) is 0 Å². The van der Waals surface area contributed by atoms with Crippen LogP contribution in [0.2, 0.25) is 0 Å². The summed E-state index contributed by atoms with van der Waals surface area (Å²) in [5, 5.41) is 5.99. The van der Waals surface area contributed by atoms with Crippen LogP contribution in [0.25, 0.3) is 0 Å². The number of carbonyl (C=O) groups is 1. The maximum absolute atomic E-state index is 11.4. The van der Waals surface area contributed by atoms with Crippen LogP contribution in [0.3, 0.4) is 0 Å². The number of nitrogens with zero attached hydrogens (tertiary/aromatic N) is 2. The second kappa shape index (κ2) is 10.8. The first-order chi connectivity index (χ1) is 9.70. The molecule has 6 N–H and O–H groups in total. The number of aromatic nitrogens is 2. The predicted molar refractivity (Wildman–Crippen MR) is 84.2 cm³/mol. The Hall–Kier alpha value is -0.865. The molecule has 2 aromatic rings. The molecule has 0 radical (unpaired) electrons. The van der Waals surface area contributed by atoms with Gasteiger partial charge in [0.05, 0.1) is 0 Å². The van der Waals surface area contributed by atoms with Gasteiger partial charge in [-0.2, -0.15) is 4.98 Å². The van der Waals surface area contributed by atoms with E-state index in [0.29, 0.717) is 24.9 Å². The Morgan fingerprint density at radius 3 is 2.50 bits per heavy atom. The van der Waals surface area contributed by atoms with Crippen molar-refractivity contribution in [2.45, 2.75) is 0 Å². The molecule has 0 aliphatic heterocycles. The van der Waals surface area contributed by atoms with Gasteiger partial charge < -0.3 is 29.5 Å². The number of nitrogens with one attached hydrogen (secondary N) is 2. The van der Waals surface area contributed by atoms with Crippen molar-refractivity contribution >= 4 is 23.4 Å². The van der Waals surface area contributed by atoms with E-state index in [4.69, 9.17) is 11.5 Å². The first kappa shape index (κ1) is 21.1. The van der Waals surface area contributed by atoms with E-state index >= 15 is 0 Å². The summed E-state index contributed by atoms with van der Waals surface area (Å²) in [6.07, 6.45) is 1.39. The van der Waals surface area contributed by atoms with Gasteiger partial charge >= 0.3 is 58.2 Å². The van der Waals surface area contributed by atoms with Crippen molar-refractivity contribution in [2.75, 3.05) is 23.7 Å². The Labute approximate surface area is 179 Å². The van der Waals surface area contributed by atoms with Crippen molar-refractivity contribution < 1.29 is 63.0 Å². The molecule has 0 aliphatic carbocycles. The van der Waals surface area contributed by atoms with Crippen LogP contribution in [0.15, 0.2) is 36.5 Å². The van der Waals surface area contributed by atoms with Crippen LogP contribution < -0.4 is 80.3 Å². The minimum Gasteiger partial charge on any atom is -0.365 e. The quantitative estimate of drug-likeness (QED) is 0.442. The molecule has 1 heterocycles. The standard InChI is InChI=1S/C13H16N6O.CH3.Rb/c14-6-7-16-13-17-8-10(11(15)20)12(19-13)18-9-4-2-1-3-5-9;;/h1-5,8H,6-7,14H2,(H2,15,20)(H2,16,17,18,19);1H3;/q;-1;+1. The summed E-state index contributed by atoms with van der Waals surface area (Å²) >= 11 is 0. The van der Waals surface area contributed by atoms with E-state index in [-0.39, 0.29) is 71.2 Å². The third-order valence-corrected chi connectivity index (χ3v) is 2.52. The second-order valence-corrected chi connectivity index (χ2v) is 4.03. The van der Waals surface area contributed by atoms with Crippen LogP contribution in [-0.4, -0.2) is 29.0 Å². The second-order valence-electron chi connectivity index (χ2n) is 4.03. The molecule has 0 saturated carbocycles. The normalized spacial score (nSPS) is 9.14. The third-order valence-electron chi connectivity index (χ3n) is 2.52. The fourth-order valence-corrected chi connectivity index (χ4v) is 1.58. The van der Waals surface area contributed by atoms with Gasteiger partial charge in [-0.05, 0) is 12.1 Å². The molecule has 1 amide bonds. The minimum atomic E-state index is -0.589. The molecule has 1 aromatic heterocycles. The van der Waals surface area contributed by atoms with Crippen molar-refractivity contribution in [1.29, 1.82) is 0 Å². The Balaban J connectivity index is 0.00000220. The van der Waals surface area contributed by atoms with Crippen LogP contribution in [0.4, 0.5) is 17.5 Å². The largest absolute Gasteiger partial charge is 1.00 e. The molecule has 0 bridgehead atoms. The molecule has 1 aromatic carbocycles. The summed E-state index contributed by atoms with van der Waals surface area (Å²) in [7, 11) is 0. The van der Waals surface area contributed by atoms with E-state index in [1.807, 2.05) is 30.3 Å². The zero-order chi connectivity index (χ0) is 14.4. The van der Waals surface area contributed by atoms with E-state index < -0.39 is 5.91 Å². The number of hydrogen-bond acceptors (Lipinski definition) is 6. The van der Waals surface area contributed by atoms with Crippen molar-refractivity contribution in [1.82, 2.24) is 9.97 Å². The summed E-state index contributed by atoms with van der Waals surface area (Å²) in [5.41, 5.74) is 11.8. The van der Waals surface area contributed by atoms with Gasteiger partial charge in [0.2, 0.25) is 5.95 Å². The summed E-state index contributed by atoms with van der Waals surface area (Å²) in [6, 6.07) is 9.37. The number of rotatable bonds is 6. The van der Waals surface area contributed by atoms with Gasteiger partial charge in [0, 0.05) is 25.0 Å². The number of nitrogens with two attached hydrogens (primary N) is 2. The number of carbonyl (C=O) groups excluding carboxylic acids is 1. The fourth-order valence-electron chi connectivity index (χ4n) is 1.58. The van der Waals surface area contributed by atoms with Crippen molar-refractivity contribution in [3.8, 4) is 0 Å². The van der Waals surface area contributed by atoms with Gasteiger partial charge in [-0.1, -0.05) is 18.2 Å². The molecule has 0 spiro atoms. The van der Waals surface area contributed by atoms with Gasteiger partial charge in [0.25, 0.3) is 5.91 Å². The molecule has 7 nitrogen and oxygen atoms in total. The van der Waals surface area contributed by atoms with Gasteiger partial charge in [-0.3, -0.25) is 4.79 Å². The molecule has 2 rings (SSSR count). The summed E-state index contributed by atoms with van der Waals surface area (Å²) < 4.78 is 0. The Morgan fingerprint density at radius 2 is 1.91 bits per heavy atom. The molecule has 0 saturated heterocycles. The van der Waals surface area contributed by atoms with Crippen LogP contribution >= 0.6 is 0 Å². The maximum Gasteiger partial charge on any atom is 1.00 e. The van der Waals surface area contributed by atoms with Crippen LogP contribution in [0.1, 0.15) is 10.4 Å². The van der Waals surface area contributed by atoms with Crippen LogP contribution in [-0.2, 0) is 0 Å². The van der Waals surface area contributed by atoms with Crippen molar-refractivity contribution in [3.05, 3.63) is 49.5 Å². The van der Waals surface area contributed by atoms with Crippen LogP contribution in [0, 0.1) is 7.43 Å². The Kier molecular flexibility index (Phi) is 10.4. The average molecular weight is 373 g/mol. The molecule has 112 valence electrons. The van der Waals surface area contributed by atoms with Crippen molar-refractivity contribution in [2.24, 2.45) is 11.5 Å². The number of hydrogen-bond donors (Lipinski definition) is 4. The first-order valence-electron chi connectivity index (χ1n) is 6.13. The number of primary amides is 1. The summed E-state index contributed by atoms with van der Waals surface area (Å²) in [4.78, 5) is 19.7. The number of para-hydroxylation sites is 1. The SMILES string of the molecule is NCCNc1ncc(C(N)=O)c(Nc2ccccc2)n1.[CH3-].[Rb+]. The van der Waals surface area contributed by atoms with Gasteiger partial charge in [-0.15, -0.1) is 0 Å². The Bertz CT molecular complexity index is 593. The molecular formula is C14H19N6ORb. The Morgan fingerprint density at radius 1 is 1.23 bits per heavy atom. The summed E-state index contributed by atoms with van der Waals surface area (Å²) in [6.45, 7) is 1.00. The molecule has 0 fully saturated rings. The van der Waals surface area contributed by atoms with E-state index in [2.05, 4.69) is 20.6 Å². The minimum absolute atomic E-state index is 0. The number of amides is 1. The zero-order valence-corrected chi connectivity index (χ0v) is 17.8. The number of anilines is 3. The summed E-state index contributed by atoms with van der Waals surface area (Å²) in [5.74, 6) is 0.158. The van der Waals surface area contributed by atoms with Crippen LogP contribution in [0.5, 0.6) is 0 Å². The molecule has 0 atom stereocenters. The maximum atomic E-state index is 11.4. The molecule has 0 unspecified atom stereocenters. The van der Waals surface area contributed by atoms with E-state index in [9.17, 15) is 4.79 Å². The number of benzene rings is 1. The smallest absolute Gasteiger partial charge is 0.365 e. The van der Waals surface area contributed by atoms with E-state index in [1.165, 1.54) is 6.20 Å². The molecular weight excluding hydrogens is 354 g/mol. The third kappa shape index (κ3) is 6.09. The van der Waals surface area contributed by atoms with Gasteiger partial charge in [0.15, 0.2) is 0 Å². The van der Waals surface area contributed by atoms with Gasteiger partial charge in [-0.25, -0.2) is 4.98 Å². The first-order valence-corrected chi connectivity index (χ1v) is 6.13. The van der Waals surface area contributed by atoms with Gasteiger partial charge in [0.1, 0.15) is 11.4 Å². The molecule has 8 heteroatoms.